The Balaban J connectivity index is 2.00. The molecule has 1 fully saturated rings. The monoisotopic (exact) mass is 219 g/mol. The molecule has 3 heteroatoms. The lowest BCUT2D eigenvalue weighted by Crippen LogP contribution is -2.22. The van der Waals surface area contributed by atoms with E-state index in [1.807, 2.05) is 18.2 Å². The lowest BCUT2D eigenvalue weighted by molar-refractivity contribution is 0.555. The van der Waals surface area contributed by atoms with Gasteiger partial charge >= 0.3 is 0 Å². The van der Waals surface area contributed by atoms with Crippen LogP contribution in [0.4, 0.5) is 11.6 Å². The minimum Gasteiger partial charge on any atom is -0.370 e. The molecule has 1 heterocycles. The van der Waals surface area contributed by atoms with Crippen LogP contribution in [-0.2, 0) is 0 Å². The highest BCUT2D eigenvalue weighted by atomic mass is 15.1. The van der Waals surface area contributed by atoms with Crippen LogP contribution in [0.2, 0.25) is 0 Å². The van der Waals surface area contributed by atoms with E-state index in [9.17, 15) is 0 Å². The Morgan fingerprint density at radius 1 is 1.31 bits per heavy atom. The Morgan fingerprint density at radius 3 is 2.81 bits per heavy atom. The largest absolute Gasteiger partial charge is 0.370 e. The number of nitrogens with zero attached hydrogens (tertiary/aromatic N) is 1. The lowest BCUT2D eigenvalue weighted by Gasteiger charge is -2.18. The van der Waals surface area contributed by atoms with Crippen LogP contribution in [0, 0.1) is 5.92 Å². The predicted molar refractivity (Wildman–Crippen MR) is 68.8 cm³/mol. The average Bonchev–Trinajstić information content (AvgIpc) is 2.66. The first-order chi connectivity index (χ1) is 7.79. The van der Waals surface area contributed by atoms with Gasteiger partial charge in [-0.2, -0.15) is 0 Å². The molecule has 1 aliphatic rings. The van der Waals surface area contributed by atoms with Crippen LogP contribution in [0.5, 0.6) is 0 Å². The molecule has 0 saturated heterocycles. The van der Waals surface area contributed by atoms with Crippen molar-refractivity contribution in [2.24, 2.45) is 5.92 Å². The third-order valence-electron chi connectivity index (χ3n) is 3.30. The third kappa shape index (κ3) is 2.65. The highest BCUT2D eigenvalue weighted by molar-refractivity contribution is 5.45. The van der Waals surface area contributed by atoms with Gasteiger partial charge < -0.3 is 10.6 Å². The van der Waals surface area contributed by atoms with E-state index in [1.54, 1.807) is 0 Å². The van der Waals surface area contributed by atoms with Crippen molar-refractivity contribution < 1.29 is 0 Å². The van der Waals surface area contributed by atoms with Crippen molar-refractivity contribution in [2.75, 3.05) is 17.2 Å². The second kappa shape index (κ2) is 5.19. The number of hydrogen-bond donors (Lipinski definition) is 2. The summed E-state index contributed by atoms with van der Waals surface area (Å²) in [4.78, 5) is 4.54. The number of nitrogens with one attached hydrogen (secondary N) is 2. The van der Waals surface area contributed by atoms with E-state index in [4.69, 9.17) is 0 Å². The van der Waals surface area contributed by atoms with Gasteiger partial charge in [-0.05, 0) is 37.8 Å². The van der Waals surface area contributed by atoms with Gasteiger partial charge in [0.05, 0.1) is 0 Å². The molecule has 1 aromatic rings. The van der Waals surface area contributed by atoms with Crippen molar-refractivity contribution >= 4 is 11.6 Å². The van der Waals surface area contributed by atoms with Gasteiger partial charge in [-0.1, -0.05) is 19.4 Å². The fourth-order valence-electron chi connectivity index (χ4n) is 2.34. The van der Waals surface area contributed by atoms with E-state index < -0.39 is 0 Å². The summed E-state index contributed by atoms with van der Waals surface area (Å²) < 4.78 is 0. The summed E-state index contributed by atoms with van der Waals surface area (Å²) in [6.07, 6.45) is 3.95. The molecule has 0 radical (unpaired) electrons. The first kappa shape index (κ1) is 11.2. The fraction of sp³-hybridized carbons (Fsp3) is 0.615. The Morgan fingerprint density at radius 2 is 2.12 bits per heavy atom. The lowest BCUT2D eigenvalue weighted by atomic mass is 10.1. The Kier molecular flexibility index (Phi) is 3.65. The van der Waals surface area contributed by atoms with Crippen LogP contribution < -0.4 is 10.6 Å². The van der Waals surface area contributed by atoms with Crippen molar-refractivity contribution in [1.82, 2.24) is 4.98 Å². The minimum absolute atomic E-state index is 0.601. The molecule has 2 rings (SSSR count). The second-order valence-corrected chi connectivity index (χ2v) is 4.60. The van der Waals surface area contributed by atoms with Gasteiger partial charge in [-0.25, -0.2) is 4.98 Å². The molecular weight excluding hydrogens is 198 g/mol. The molecule has 1 aliphatic carbocycles. The predicted octanol–water partition coefficient (Wildman–Crippen LogP) is 3.11. The van der Waals surface area contributed by atoms with Gasteiger partial charge in [0.2, 0.25) is 0 Å². The molecule has 1 aromatic heterocycles. The zero-order valence-electron chi connectivity index (χ0n) is 10.2. The summed E-state index contributed by atoms with van der Waals surface area (Å²) >= 11 is 0. The number of aromatic nitrogens is 1. The van der Waals surface area contributed by atoms with E-state index in [0.29, 0.717) is 6.04 Å². The summed E-state index contributed by atoms with van der Waals surface area (Å²) in [6, 6.07) is 6.70. The molecule has 0 bridgehead atoms. The number of anilines is 2. The maximum atomic E-state index is 4.54. The molecule has 2 N–H and O–H groups in total. The van der Waals surface area contributed by atoms with E-state index in [-0.39, 0.29) is 0 Å². The molecule has 2 atom stereocenters. The quantitative estimate of drug-likeness (QED) is 0.817. The van der Waals surface area contributed by atoms with Crippen molar-refractivity contribution in [2.45, 2.75) is 39.2 Å². The van der Waals surface area contributed by atoms with Gasteiger partial charge in [0, 0.05) is 12.6 Å². The SMILES string of the molecule is CCNc1cccc(NC2CCCC2C)n1. The van der Waals surface area contributed by atoms with E-state index >= 15 is 0 Å². The topological polar surface area (TPSA) is 37.0 Å². The standard InChI is InChI=1S/C13H21N3/c1-3-14-12-8-5-9-13(16-12)15-11-7-4-6-10(11)2/h5,8-11H,3-4,6-7H2,1-2H3,(H2,14,15,16). The maximum absolute atomic E-state index is 4.54. The van der Waals surface area contributed by atoms with Crippen LogP contribution in [0.25, 0.3) is 0 Å². The van der Waals surface area contributed by atoms with Crippen molar-refractivity contribution in [3.8, 4) is 0 Å². The highest BCUT2D eigenvalue weighted by Crippen LogP contribution is 2.27. The first-order valence-corrected chi connectivity index (χ1v) is 6.27. The number of hydrogen-bond acceptors (Lipinski definition) is 3. The van der Waals surface area contributed by atoms with Gasteiger partial charge in [0.15, 0.2) is 0 Å². The van der Waals surface area contributed by atoms with E-state index in [0.717, 1.165) is 24.1 Å². The van der Waals surface area contributed by atoms with Crippen molar-refractivity contribution in [3.05, 3.63) is 18.2 Å². The molecule has 0 aromatic carbocycles. The molecule has 88 valence electrons. The van der Waals surface area contributed by atoms with E-state index in [2.05, 4.69) is 29.5 Å². The van der Waals surface area contributed by atoms with Gasteiger partial charge in [-0.3, -0.25) is 0 Å². The van der Waals surface area contributed by atoms with Crippen molar-refractivity contribution in [3.63, 3.8) is 0 Å². The van der Waals surface area contributed by atoms with Gasteiger partial charge in [-0.15, -0.1) is 0 Å². The summed E-state index contributed by atoms with van der Waals surface area (Å²) in [5.74, 6) is 2.72. The van der Waals surface area contributed by atoms with E-state index in [1.165, 1.54) is 19.3 Å². The molecule has 0 spiro atoms. The normalized spacial score (nSPS) is 24.4. The van der Waals surface area contributed by atoms with Crippen LogP contribution in [0.1, 0.15) is 33.1 Å². The number of pyridine rings is 1. The summed E-state index contributed by atoms with van der Waals surface area (Å²) in [7, 11) is 0. The Bertz CT molecular complexity index is 338. The van der Waals surface area contributed by atoms with Gasteiger partial charge in [0.25, 0.3) is 0 Å². The Hall–Kier alpha value is -1.25. The summed E-state index contributed by atoms with van der Waals surface area (Å²) in [5.41, 5.74) is 0. The molecular formula is C13H21N3. The number of rotatable bonds is 4. The van der Waals surface area contributed by atoms with Crippen LogP contribution in [-0.4, -0.2) is 17.6 Å². The molecule has 0 amide bonds. The fourth-order valence-corrected chi connectivity index (χ4v) is 2.34. The third-order valence-corrected chi connectivity index (χ3v) is 3.30. The zero-order valence-corrected chi connectivity index (χ0v) is 10.2. The Labute approximate surface area is 97.7 Å². The van der Waals surface area contributed by atoms with Gasteiger partial charge in [0.1, 0.15) is 11.6 Å². The maximum Gasteiger partial charge on any atom is 0.128 e. The summed E-state index contributed by atoms with van der Waals surface area (Å²) in [5, 5.41) is 6.77. The van der Waals surface area contributed by atoms with Crippen LogP contribution in [0.3, 0.4) is 0 Å². The zero-order chi connectivity index (χ0) is 11.4. The first-order valence-electron chi connectivity index (χ1n) is 6.27. The second-order valence-electron chi connectivity index (χ2n) is 4.60. The van der Waals surface area contributed by atoms with Crippen LogP contribution in [0.15, 0.2) is 18.2 Å². The molecule has 3 nitrogen and oxygen atoms in total. The molecule has 2 unspecified atom stereocenters. The smallest absolute Gasteiger partial charge is 0.128 e. The molecule has 0 aliphatic heterocycles. The van der Waals surface area contributed by atoms with Crippen LogP contribution >= 0.6 is 0 Å². The summed E-state index contributed by atoms with van der Waals surface area (Å²) in [6.45, 7) is 5.32. The van der Waals surface area contributed by atoms with Crippen molar-refractivity contribution in [1.29, 1.82) is 0 Å². The molecule has 16 heavy (non-hydrogen) atoms. The minimum atomic E-state index is 0.601. The molecule has 1 saturated carbocycles. The average molecular weight is 219 g/mol. The highest BCUT2D eigenvalue weighted by Gasteiger charge is 2.23.